The predicted molar refractivity (Wildman–Crippen MR) is 89.5 cm³/mol. The van der Waals surface area contributed by atoms with E-state index in [4.69, 9.17) is 0 Å². The molecule has 0 fully saturated rings. The molecule has 0 saturated carbocycles. The number of nitrogens with one attached hydrogen (secondary N) is 1. The fourth-order valence-electron chi connectivity index (χ4n) is 3.08. The van der Waals surface area contributed by atoms with Gasteiger partial charge in [0.2, 0.25) is 0 Å². The molecule has 23 heavy (non-hydrogen) atoms. The molecule has 0 bridgehead atoms. The molecule has 0 radical (unpaired) electrons. The molecule has 5 nitrogen and oxygen atoms in total. The van der Waals surface area contributed by atoms with Crippen molar-refractivity contribution in [2.45, 2.75) is 30.6 Å². The molecule has 7 heteroatoms. The summed E-state index contributed by atoms with van der Waals surface area (Å²) in [6, 6.07) is 9.00. The van der Waals surface area contributed by atoms with Crippen LogP contribution in [0.25, 0.3) is 0 Å². The highest BCUT2D eigenvalue weighted by Crippen LogP contribution is 2.38. The van der Waals surface area contributed by atoms with Gasteiger partial charge < -0.3 is 5.32 Å². The van der Waals surface area contributed by atoms with Gasteiger partial charge in [-0.05, 0) is 43.4 Å². The average molecular weight is 343 g/mol. The zero-order valence-electron chi connectivity index (χ0n) is 12.2. The second kappa shape index (κ2) is 5.18. The number of nitrogens with zero attached hydrogens (tertiary/aromatic N) is 2. The Balaban J connectivity index is 1.79. The highest BCUT2D eigenvalue weighted by atomic mass is 32.2. The first-order chi connectivity index (χ1) is 11.1. The van der Waals surface area contributed by atoms with E-state index in [0.29, 0.717) is 22.0 Å². The average Bonchev–Trinajstić information content (AvgIpc) is 3.03. The summed E-state index contributed by atoms with van der Waals surface area (Å²) in [5.41, 5.74) is 2.30. The molecule has 0 unspecified atom stereocenters. The van der Waals surface area contributed by atoms with E-state index >= 15 is 0 Å². The summed E-state index contributed by atoms with van der Waals surface area (Å²) in [4.78, 5) is 1.44. The zero-order valence-corrected chi connectivity index (χ0v) is 13.8. The third-order valence-corrected chi connectivity index (χ3v) is 6.69. The van der Waals surface area contributed by atoms with Crippen molar-refractivity contribution in [1.82, 2.24) is 0 Å². The van der Waals surface area contributed by atoms with Gasteiger partial charge in [0.1, 0.15) is 16.0 Å². The van der Waals surface area contributed by atoms with Gasteiger partial charge in [0, 0.05) is 10.4 Å². The number of hydrogen-bond donors (Lipinski definition) is 1. The minimum Gasteiger partial charge on any atom is -0.330 e. The standard InChI is InChI=1S/C16H13N3O2S2/c17-9-12-10-5-1-3-7-13(10)22-16(12)18-15-11-6-2-4-8-14(11)23(20,21)19-15/h2,4,6,8H,1,3,5,7H2,(H,18,19). The minimum absolute atomic E-state index is 0.210. The van der Waals surface area contributed by atoms with E-state index in [0.717, 1.165) is 31.2 Å². The number of aryl methyl sites for hydroxylation is 1. The predicted octanol–water partition coefficient (Wildman–Crippen LogP) is 3.06. The van der Waals surface area contributed by atoms with Crippen molar-refractivity contribution in [2.24, 2.45) is 4.40 Å². The second-order valence-electron chi connectivity index (χ2n) is 5.56. The molecule has 0 amide bonds. The fourth-order valence-corrected chi connectivity index (χ4v) is 5.49. The van der Waals surface area contributed by atoms with Gasteiger partial charge in [-0.25, -0.2) is 0 Å². The van der Waals surface area contributed by atoms with Crippen LogP contribution in [0.15, 0.2) is 33.6 Å². The highest BCUT2D eigenvalue weighted by molar-refractivity contribution is 7.90. The van der Waals surface area contributed by atoms with Gasteiger partial charge in [0.25, 0.3) is 10.0 Å². The third-order valence-electron chi connectivity index (χ3n) is 4.15. The maximum Gasteiger partial charge on any atom is 0.285 e. The monoisotopic (exact) mass is 343 g/mol. The smallest absolute Gasteiger partial charge is 0.285 e. The Labute approximate surface area is 138 Å². The first-order valence-corrected chi connectivity index (χ1v) is 9.62. The van der Waals surface area contributed by atoms with Crippen molar-refractivity contribution in [1.29, 1.82) is 5.26 Å². The molecule has 1 aromatic heterocycles. The summed E-state index contributed by atoms with van der Waals surface area (Å²) >= 11 is 1.54. The van der Waals surface area contributed by atoms with E-state index in [1.165, 1.54) is 16.2 Å². The topological polar surface area (TPSA) is 82.3 Å². The lowest BCUT2D eigenvalue weighted by Crippen LogP contribution is -2.11. The van der Waals surface area contributed by atoms with Crippen molar-refractivity contribution in [3.63, 3.8) is 0 Å². The molecule has 2 aromatic rings. The molecule has 0 spiro atoms. The van der Waals surface area contributed by atoms with Gasteiger partial charge in [0.15, 0.2) is 5.84 Å². The number of thiophene rings is 1. The Morgan fingerprint density at radius 1 is 1.22 bits per heavy atom. The summed E-state index contributed by atoms with van der Waals surface area (Å²) in [5, 5.41) is 13.3. The molecule has 1 aliphatic heterocycles. The van der Waals surface area contributed by atoms with Gasteiger partial charge in [-0.2, -0.15) is 13.7 Å². The normalized spacial score (nSPS) is 17.8. The van der Waals surface area contributed by atoms with Gasteiger partial charge >= 0.3 is 0 Å². The largest absolute Gasteiger partial charge is 0.330 e. The number of fused-ring (bicyclic) bond motifs is 2. The van der Waals surface area contributed by atoms with Crippen LogP contribution < -0.4 is 5.32 Å². The van der Waals surface area contributed by atoms with Crippen LogP contribution in [0.4, 0.5) is 5.00 Å². The summed E-state index contributed by atoms with van der Waals surface area (Å²) in [6.45, 7) is 0. The summed E-state index contributed by atoms with van der Waals surface area (Å²) < 4.78 is 28.1. The van der Waals surface area contributed by atoms with Gasteiger partial charge in [0.05, 0.1) is 5.56 Å². The Morgan fingerprint density at radius 3 is 2.83 bits per heavy atom. The Kier molecular flexibility index (Phi) is 3.25. The molecule has 1 aliphatic carbocycles. The van der Waals surface area contributed by atoms with E-state index in [1.807, 2.05) is 0 Å². The first kappa shape index (κ1) is 14.4. The minimum atomic E-state index is -3.65. The molecule has 116 valence electrons. The van der Waals surface area contributed by atoms with Crippen LogP contribution in [0.3, 0.4) is 0 Å². The Bertz CT molecular complexity index is 981. The molecule has 4 rings (SSSR count). The van der Waals surface area contributed by atoms with E-state index < -0.39 is 10.0 Å². The summed E-state index contributed by atoms with van der Waals surface area (Å²) in [6.07, 6.45) is 4.13. The molecular weight excluding hydrogens is 330 g/mol. The molecule has 1 N–H and O–H groups in total. The lowest BCUT2D eigenvalue weighted by Gasteiger charge is -2.09. The molecule has 2 heterocycles. The van der Waals surface area contributed by atoms with Crippen molar-refractivity contribution in [3.05, 3.63) is 45.8 Å². The van der Waals surface area contributed by atoms with Crippen molar-refractivity contribution in [3.8, 4) is 6.07 Å². The quantitative estimate of drug-likeness (QED) is 0.863. The molecule has 0 atom stereocenters. The SMILES string of the molecule is N#Cc1c(NC2=NS(=O)(=O)c3ccccc32)sc2c1CCCC2. The van der Waals surface area contributed by atoms with E-state index in [9.17, 15) is 13.7 Å². The van der Waals surface area contributed by atoms with Crippen LogP contribution in [0.2, 0.25) is 0 Å². The number of amidine groups is 1. The van der Waals surface area contributed by atoms with Crippen LogP contribution in [0, 0.1) is 11.3 Å². The van der Waals surface area contributed by atoms with Crippen LogP contribution in [0.5, 0.6) is 0 Å². The number of sulfonamides is 1. The van der Waals surface area contributed by atoms with E-state index in [1.54, 1.807) is 24.3 Å². The lowest BCUT2D eigenvalue weighted by atomic mass is 9.96. The summed E-state index contributed by atoms with van der Waals surface area (Å²) in [7, 11) is -3.65. The second-order valence-corrected chi connectivity index (χ2v) is 8.24. The van der Waals surface area contributed by atoms with Crippen LogP contribution >= 0.6 is 11.3 Å². The fraction of sp³-hybridized carbons (Fsp3) is 0.250. The van der Waals surface area contributed by atoms with Gasteiger partial charge in [-0.1, -0.05) is 12.1 Å². The third kappa shape index (κ3) is 2.26. The van der Waals surface area contributed by atoms with Crippen molar-refractivity contribution >= 4 is 32.2 Å². The van der Waals surface area contributed by atoms with Crippen LogP contribution in [0.1, 0.15) is 34.4 Å². The van der Waals surface area contributed by atoms with E-state index in [-0.39, 0.29) is 4.90 Å². The maximum atomic E-state index is 12.1. The molecule has 0 saturated heterocycles. The number of nitriles is 1. The Morgan fingerprint density at radius 2 is 2.00 bits per heavy atom. The number of hydrogen-bond acceptors (Lipinski definition) is 5. The number of rotatable bonds is 1. The van der Waals surface area contributed by atoms with Crippen molar-refractivity contribution in [2.75, 3.05) is 5.32 Å². The van der Waals surface area contributed by atoms with Crippen molar-refractivity contribution < 1.29 is 8.42 Å². The summed E-state index contributed by atoms with van der Waals surface area (Å²) in [5.74, 6) is 0.302. The number of anilines is 1. The molecular formula is C16H13N3O2S2. The Hall–Kier alpha value is -2.17. The molecule has 2 aliphatic rings. The van der Waals surface area contributed by atoms with Gasteiger partial charge in [-0.3, -0.25) is 0 Å². The molecule has 1 aromatic carbocycles. The first-order valence-electron chi connectivity index (χ1n) is 7.36. The van der Waals surface area contributed by atoms with Gasteiger partial charge in [-0.15, -0.1) is 15.7 Å². The lowest BCUT2D eigenvalue weighted by molar-refractivity contribution is 0.599. The maximum absolute atomic E-state index is 12.1. The van der Waals surface area contributed by atoms with Crippen LogP contribution in [-0.2, 0) is 22.9 Å². The highest BCUT2D eigenvalue weighted by Gasteiger charge is 2.30. The van der Waals surface area contributed by atoms with E-state index in [2.05, 4.69) is 15.8 Å². The number of benzene rings is 1. The van der Waals surface area contributed by atoms with Crippen LogP contribution in [-0.4, -0.2) is 14.3 Å². The zero-order chi connectivity index (χ0) is 16.0.